The van der Waals surface area contributed by atoms with Gasteiger partial charge in [-0.3, -0.25) is 9.59 Å². The van der Waals surface area contributed by atoms with Gasteiger partial charge in [-0.2, -0.15) is 0 Å². The minimum atomic E-state index is -0.623. The van der Waals surface area contributed by atoms with Crippen LogP contribution in [0, 0.1) is 17.8 Å². The monoisotopic (exact) mass is 392 g/mol. The lowest BCUT2D eigenvalue weighted by Crippen LogP contribution is -2.41. The van der Waals surface area contributed by atoms with Crippen LogP contribution in [0.3, 0.4) is 0 Å². The number of fused-ring (bicyclic) bond motifs is 1. The molecular formula is C22H32O6. The Hall–Kier alpha value is -1.66. The maximum atomic E-state index is 12.4. The van der Waals surface area contributed by atoms with Gasteiger partial charge in [-0.15, -0.1) is 0 Å². The summed E-state index contributed by atoms with van der Waals surface area (Å²) in [6.07, 6.45) is 8.19. The average molecular weight is 392 g/mol. The molecule has 2 aliphatic carbocycles. The van der Waals surface area contributed by atoms with Gasteiger partial charge in [0.05, 0.1) is 24.5 Å². The third-order valence-electron chi connectivity index (χ3n) is 6.28. The van der Waals surface area contributed by atoms with Crippen LogP contribution in [0.2, 0.25) is 0 Å². The Morgan fingerprint density at radius 1 is 1.32 bits per heavy atom. The van der Waals surface area contributed by atoms with Gasteiger partial charge in [-0.1, -0.05) is 32.1 Å². The van der Waals surface area contributed by atoms with Gasteiger partial charge in [-0.05, 0) is 37.2 Å². The van der Waals surface area contributed by atoms with E-state index < -0.39 is 12.2 Å². The van der Waals surface area contributed by atoms with E-state index in [1.54, 1.807) is 0 Å². The Bertz CT molecular complexity index is 639. The van der Waals surface area contributed by atoms with E-state index in [1.165, 1.54) is 0 Å². The maximum Gasteiger partial charge on any atom is 0.308 e. The Morgan fingerprint density at radius 3 is 2.82 bits per heavy atom. The van der Waals surface area contributed by atoms with Gasteiger partial charge in [0, 0.05) is 18.8 Å². The molecule has 156 valence electrons. The summed E-state index contributed by atoms with van der Waals surface area (Å²) in [5.74, 6) is -0.415. The number of hydrogen-bond acceptors (Lipinski definition) is 6. The summed E-state index contributed by atoms with van der Waals surface area (Å²) in [6, 6.07) is 0. The largest absolute Gasteiger partial charge is 0.462 e. The first-order valence-corrected chi connectivity index (χ1v) is 10.5. The third-order valence-corrected chi connectivity index (χ3v) is 6.28. The standard InChI is InChI=1S/C22H32O6/c1-3-13(2)22(26)28-19-11-16(23)9-15-6-4-5-14(21(15)19)7-8-18-10-17(24)12-20(25)27-18/h4,6,9,13-14,16-19,21,23-24H,3,5,7-8,10-12H2,1-2H3. The van der Waals surface area contributed by atoms with Crippen LogP contribution in [0.5, 0.6) is 0 Å². The molecule has 0 bridgehead atoms. The Labute approximate surface area is 166 Å². The lowest BCUT2D eigenvalue weighted by Gasteiger charge is -2.40. The van der Waals surface area contributed by atoms with E-state index in [0.717, 1.165) is 24.8 Å². The number of hydrogen-bond donors (Lipinski definition) is 2. The lowest BCUT2D eigenvalue weighted by molar-refractivity contribution is -0.162. The number of aliphatic hydroxyl groups is 2. The quantitative estimate of drug-likeness (QED) is 0.675. The number of rotatable bonds is 6. The van der Waals surface area contributed by atoms with Gasteiger partial charge in [0.2, 0.25) is 0 Å². The topological polar surface area (TPSA) is 93.1 Å². The highest BCUT2D eigenvalue weighted by Gasteiger charge is 2.40. The molecule has 1 heterocycles. The van der Waals surface area contributed by atoms with E-state index in [4.69, 9.17) is 9.47 Å². The zero-order chi connectivity index (χ0) is 20.3. The number of carbonyl (C=O) groups is 2. The smallest absolute Gasteiger partial charge is 0.308 e. The summed E-state index contributed by atoms with van der Waals surface area (Å²) in [5.41, 5.74) is 1.03. The number of allylic oxidation sites excluding steroid dienone is 2. The fourth-order valence-electron chi connectivity index (χ4n) is 4.56. The molecule has 28 heavy (non-hydrogen) atoms. The van der Waals surface area contributed by atoms with Crippen molar-refractivity contribution >= 4 is 11.9 Å². The zero-order valence-electron chi connectivity index (χ0n) is 16.8. The molecule has 3 rings (SSSR count). The number of ether oxygens (including phenoxy) is 2. The summed E-state index contributed by atoms with van der Waals surface area (Å²) in [6.45, 7) is 3.82. The van der Waals surface area contributed by atoms with Crippen molar-refractivity contribution in [2.24, 2.45) is 17.8 Å². The van der Waals surface area contributed by atoms with E-state index in [0.29, 0.717) is 19.3 Å². The second-order valence-electron chi connectivity index (χ2n) is 8.46. The van der Waals surface area contributed by atoms with E-state index in [-0.39, 0.29) is 48.3 Å². The first-order valence-electron chi connectivity index (χ1n) is 10.5. The van der Waals surface area contributed by atoms with Gasteiger partial charge in [-0.25, -0.2) is 0 Å². The van der Waals surface area contributed by atoms with Crippen LogP contribution in [0.25, 0.3) is 0 Å². The Balaban J connectivity index is 1.68. The Morgan fingerprint density at radius 2 is 2.11 bits per heavy atom. The highest BCUT2D eigenvalue weighted by Crippen LogP contribution is 2.42. The van der Waals surface area contributed by atoms with Gasteiger partial charge >= 0.3 is 11.9 Å². The second-order valence-corrected chi connectivity index (χ2v) is 8.46. The van der Waals surface area contributed by atoms with E-state index in [1.807, 2.05) is 26.0 Å². The minimum Gasteiger partial charge on any atom is -0.462 e. The summed E-state index contributed by atoms with van der Waals surface area (Å²) in [4.78, 5) is 24.0. The number of aliphatic hydroxyl groups excluding tert-OH is 2. The number of esters is 2. The molecule has 1 saturated heterocycles. The lowest BCUT2D eigenvalue weighted by atomic mass is 9.70. The fraction of sp³-hybridized carbons (Fsp3) is 0.727. The molecule has 3 aliphatic rings. The van der Waals surface area contributed by atoms with Crippen molar-refractivity contribution < 1.29 is 29.3 Å². The molecule has 2 N–H and O–H groups in total. The summed E-state index contributed by atoms with van der Waals surface area (Å²) >= 11 is 0. The number of carbonyl (C=O) groups excluding carboxylic acids is 2. The van der Waals surface area contributed by atoms with Crippen LogP contribution < -0.4 is 0 Å². The highest BCUT2D eigenvalue weighted by molar-refractivity contribution is 5.72. The predicted octanol–water partition coefficient (Wildman–Crippen LogP) is 2.67. The number of cyclic esters (lactones) is 1. The van der Waals surface area contributed by atoms with Crippen LogP contribution in [-0.2, 0) is 19.1 Å². The van der Waals surface area contributed by atoms with Crippen molar-refractivity contribution in [3.63, 3.8) is 0 Å². The maximum absolute atomic E-state index is 12.4. The van der Waals surface area contributed by atoms with Crippen molar-refractivity contribution in [1.82, 2.24) is 0 Å². The molecule has 0 radical (unpaired) electrons. The second kappa shape index (κ2) is 9.23. The summed E-state index contributed by atoms with van der Waals surface area (Å²) in [5, 5.41) is 20.0. The van der Waals surface area contributed by atoms with Gasteiger partial charge in [0.25, 0.3) is 0 Å². The average Bonchev–Trinajstić information content (AvgIpc) is 2.64. The van der Waals surface area contributed by atoms with Crippen molar-refractivity contribution in [2.75, 3.05) is 0 Å². The highest BCUT2D eigenvalue weighted by atomic mass is 16.6. The normalized spacial score (nSPS) is 36.1. The van der Waals surface area contributed by atoms with E-state index in [2.05, 4.69) is 6.08 Å². The van der Waals surface area contributed by atoms with Crippen LogP contribution >= 0.6 is 0 Å². The summed E-state index contributed by atoms with van der Waals surface area (Å²) in [7, 11) is 0. The van der Waals surface area contributed by atoms with E-state index >= 15 is 0 Å². The van der Waals surface area contributed by atoms with Crippen LogP contribution in [0.4, 0.5) is 0 Å². The molecule has 6 nitrogen and oxygen atoms in total. The molecule has 0 aromatic carbocycles. The molecule has 1 aliphatic heterocycles. The molecule has 0 saturated carbocycles. The summed E-state index contributed by atoms with van der Waals surface area (Å²) < 4.78 is 11.2. The molecule has 7 atom stereocenters. The van der Waals surface area contributed by atoms with Crippen molar-refractivity contribution in [3.05, 3.63) is 23.8 Å². The SMILES string of the molecule is CCC(C)C(=O)OC1CC(O)C=C2C=CCC(CCC3CC(O)CC(=O)O3)C21. The molecule has 0 spiro atoms. The fourth-order valence-corrected chi connectivity index (χ4v) is 4.56. The van der Waals surface area contributed by atoms with E-state index in [9.17, 15) is 19.8 Å². The Kier molecular flexibility index (Phi) is 6.94. The van der Waals surface area contributed by atoms with Gasteiger partial charge in [0.1, 0.15) is 12.2 Å². The van der Waals surface area contributed by atoms with Crippen molar-refractivity contribution in [3.8, 4) is 0 Å². The molecule has 1 fully saturated rings. The predicted molar refractivity (Wildman–Crippen MR) is 103 cm³/mol. The third kappa shape index (κ3) is 5.03. The van der Waals surface area contributed by atoms with Gasteiger partial charge < -0.3 is 19.7 Å². The molecule has 6 heteroatoms. The van der Waals surface area contributed by atoms with Crippen molar-refractivity contribution in [2.45, 2.75) is 83.2 Å². The van der Waals surface area contributed by atoms with Crippen LogP contribution in [-0.4, -0.2) is 46.6 Å². The van der Waals surface area contributed by atoms with Crippen LogP contribution in [0.15, 0.2) is 23.8 Å². The first-order chi connectivity index (χ1) is 13.4. The molecule has 7 unspecified atom stereocenters. The molecule has 0 aromatic rings. The zero-order valence-corrected chi connectivity index (χ0v) is 16.8. The minimum absolute atomic E-state index is 0.0469. The first kappa shape index (κ1) is 21.1. The van der Waals surface area contributed by atoms with Gasteiger partial charge in [0.15, 0.2) is 0 Å². The molecule has 0 amide bonds. The van der Waals surface area contributed by atoms with Crippen molar-refractivity contribution in [1.29, 1.82) is 0 Å². The molecular weight excluding hydrogens is 360 g/mol. The van der Waals surface area contributed by atoms with Crippen LogP contribution in [0.1, 0.15) is 58.8 Å². The molecule has 0 aromatic heterocycles.